The van der Waals surface area contributed by atoms with Crippen LogP contribution in [0.1, 0.15) is 27.7 Å². The highest BCUT2D eigenvalue weighted by Gasteiger charge is 1.63. The molecule has 13 heavy (non-hydrogen) atoms. The molecule has 0 rings (SSSR count). The summed E-state index contributed by atoms with van der Waals surface area (Å²) in [6, 6.07) is 0. The quantitative estimate of drug-likeness (QED) is 0.553. The number of amides is 2. The van der Waals surface area contributed by atoms with Crippen LogP contribution < -0.4 is 16.8 Å². The number of hydrogen-bond acceptors (Lipinski definition) is 3. The summed E-state index contributed by atoms with van der Waals surface area (Å²) >= 11 is 0. The van der Waals surface area contributed by atoms with E-state index < -0.39 is 0 Å². The predicted molar refractivity (Wildman–Crippen MR) is 54.0 cm³/mol. The molecule has 0 fully saturated rings. The lowest BCUT2D eigenvalue weighted by atomic mass is 10.7. The number of hydrogen-bond donors (Lipinski definition) is 3. The fourth-order valence-corrected chi connectivity index (χ4v) is 0.250. The lowest BCUT2D eigenvalue weighted by molar-refractivity contribution is -0.116. The zero-order valence-corrected chi connectivity index (χ0v) is 8.89. The number of nitrogens with one attached hydrogen (secondary N) is 1. The third-order valence-electron chi connectivity index (χ3n) is 0.500. The number of carbonyl (C=O) groups is 2. The van der Waals surface area contributed by atoms with Gasteiger partial charge in [0.05, 0.1) is 0 Å². The summed E-state index contributed by atoms with van der Waals surface area (Å²) in [5.74, 6) is -0.667. The van der Waals surface area contributed by atoms with E-state index in [2.05, 4.69) is 30.6 Å². The largest absolute Gasteiger partial charge is 0.370 e. The Labute approximate surface area is 79.9 Å². The Morgan fingerprint density at radius 3 is 1.15 bits per heavy atom. The Morgan fingerprint density at radius 2 is 1.15 bits per heavy atom. The average molecular weight is 191 g/mol. The predicted octanol–water partition coefficient (Wildman–Crippen LogP) is -0.401. The molecule has 5 nitrogen and oxygen atoms in total. The molecule has 0 radical (unpaired) electrons. The third-order valence-corrected chi connectivity index (χ3v) is 0.500. The number of carbonyl (C=O) groups excluding carboxylic acids is 2. The molecule has 0 saturated heterocycles. The van der Waals surface area contributed by atoms with Crippen molar-refractivity contribution >= 4 is 11.8 Å². The second-order valence-corrected chi connectivity index (χ2v) is 2.18. The van der Waals surface area contributed by atoms with E-state index in [1.807, 2.05) is 0 Å². The fraction of sp³-hybridized carbons (Fsp3) is 0.750. The molecule has 0 aromatic rings. The molecule has 0 aromatic heterocycles. The van der Waals surface area contributed by atoms with Gasteiger partial charge in [-0.2, -0.15) is 0 Å². The van der Waals surface area contributed by atoms with Gasteiger partial charge in [0.2, 0.25) is 11.8 Å². The Morgan fingerprint density at radius 1 is 1.00 bits per heavy atom. The molecule has 0 saturated carbocycles. The van der Waals surface area contributed by atoms with Crippen molar-refractivity contribution < 1.29 is 9.59 Å². The molecule has 0 aliphatic heterocycles. The van der Waals surface area contributed by atoms with Crippen molar-refractivity contribution in [3.8, 4) is 0 Å². The van der Waals surface area contributed by atoms with E-state index in [4.69, 9.17) is 0 Å². The van der Waals surface area contributed by atoms with Crippen molar-refractivity contribution in [3.63, 3.8) is 0 Å². The third kappa shape index (κ3) is 1070. The van der Waals surface area contributed by atoms with Crippen molar-refractivity contribution in [1.82, 2.24) is 5.32 Å². The minimum Gasteiger partial charge on any atom is -0.370 e. The molecular weight excluding hydrogens is 170 g/mol. The van der Waals surface area contributed by atoms with Gasteiger partial charge in [0.1, 0.15) is 0 Å². The highest BCUT2D eigenvalue weighted by molar-refractivity contribution is 5.70. The molecule has 0 atom stereocenters. The Kier molecular flexibility index (Phi) is 23.5. The van der Waals surface area contributed by atoms with Crippen LogP contribution in [0.2, 0.25) is 0 Å². The maximum atomic E-state index is 9.22. The lowest BCUT2D eigenvalue weighted by Gasteiger charge is -1.86. The van der Waals surface area contributed by atoms with Gasteiger partial charge in [0.15, 0.2) is 0 Å². The minimum atomic E-state index is -0.333. The first kappa shape index (κ1) is 17.8. The van der Waals surface area contributed by atoms with Crippen LogP contribution in [0.3, 0.4) is 0 Å². The van der Waals surface area contributed by atoms with Crippen LogP contribution in [0.4, 0.5) is 0 Å². The van der Waals surface area contributed by atoms with Gasteiger partial charge in [-0.1, -0.05) is 13.8 Å². The van der Waals surface area contributed by atoms with Crippen LogP contribution >= 0.6 is 0 Å². The molecule has 0 aliphatic carbocycles. The standard InChI is InChI=1S/C4H11N.2C2H5NO/c1-3-5-4-2;2*1-2(3)4/h5H,3-4H2,1-2H3;2*1H3,(H2,3,4). The topological polar surface area (TPSA) is 98.2 Å². The van der Waals surface area contributed by atoms with E-state index in [9.17, 15) is 9.59 Å². The van der Waals surface area contributed by atoms with E-state index in [0.717, 1.165) is 13.1 Å². The van der Waals surface area contributed by atoms with Gasteiger partial charge in [-0.25, -0.2) is 0 Å². The Balaban J connectivity index is -0.000000117. The summed E-state index contributed by atoms with van der Waals surface area (Å²) in [6.45, 7) is 9.00. The summed E-state index contributed by atoms with van der Waals surface area (Å²) in [4.78, 5) is 18.4. The van der Waals surface area contributed by atoms with E-state index in [0.29, 0.717) is 0 Å². The minimum absolute atomic E-state index is 0.333. The summed E-state index contributed by atoms with van der Waals surface area (Å²) in [6.07, 6.45) is 0. The molecule has 0 unspecified atom stereocenters. The van der Waals surface area contributed by atoms with Crippen molar-refractivity contribution in [2.45, 2.75) is 27.7 Å². The van der Waals surface area contributed by atoms with E-state index >= 15 is 0 Å². The van der Waals surface area contributed by atoms with Gasteiger partial charge in [0.25, 0.3) is 0 Å². The van der Waals surface area contributed by atoms with E-state index in [-0.39, 0.29) is 11.8 Å². The second-order valence-electron chi connectivity index (χ2n) is 2.18. The summed E-state index contributed by atoms with van der Waals surface area (Å²) < 4.78 is 0. The Hall–Kier alpha value is -1.10. The normalized spacial score (nSPS) is 7.08. The molecule has 0 spiro atoms. The van der Waals surface area contributed by atoms with E-state index in [1.54, 1.807) is 0 Å². The maximum Gasteiger partial charge on any atom is 0.214 e. The summed E-state index contributed by atoms with van der Waals surface area (Å²) in [7, 11) is 0. The molecule has 0 aliphatic rings. The SMILES string of the molecule is CC(N)=O.CC(N)=O.CCNCC. The first-order valence-electron chi connectivity index (χ1n) is 4.11. The molecule has 5 N–H and O–H groups in total. The van der Waals surface area contributed by atoms with Gasteiger partial charge < -0.3 is 16.8 Å². The van der Waals surface area contributed by atoms with E-state index in [1.165, 1.54) is 13.8 Å². The van der Waals surface area contributed by atoms with Crippen molar-refractivity contribution in [3.05, 3.63) is 0 Å². The smallest absolute Gasteiger partial charge is 0.214 e. The van der Waals surface area contributed by atoms with Crippen molar-refractivity contribution in [2.24, 2.45) is 11.5 Å². The molecular formula is C8H21N3O2. The summed E-state index contributed by atoms with van der Waals surface area (Å²) in [5.41, 5.74) is 8.94. The van der Waals surface area contributed by atoms with Gasteiger partial charge in [-0.3, -0.25) is 9.59 Å². The number of rotatable bonds is 2. The molecule has 2 amide bonds. The number of nitrogens with two attached hydrogens (primary N) is 2. The zero-order valence-electron chi connectivity index (χ0n) is 8.89. The van der Waals surface area contributed by atoms with Gasteiger partial charge in [-0.05, 0) is 13.1 Å². The Bertz CT molecular complexity index is 105. The van der Waals surface area contributed by atoms with Crippen LogP contribution in [0, 0.1) is 0 Å². The first-order valence-corrected chi connectivity index (χ1v) is 4.11. The van der Waals surface area contributed by atoms with Crippen LogP contribution in [0.15, 0.2) is 0 Å². The highest BCUT2D eigenvalue weighted by Crippen LogP contribution is 1.47. The monoisotopic (exact) mass is 191 g/mol. The second kappa shape index (κ2) is 17.1. The maximum absolute atomic E-state index is 9.22. The van der Waals surface area contributed by atoms with Crippen LogP contribution in [-0.4, -0.2) is 24.9 Å². The summed E-state index contributed by atoms with van der Waals surface area (Å²) in [5, 5.41) is 3.11. The average Bonchev–Trinajstić information content (AvgIpc) is 1.86. The van der Waals surface area contributed by atoms with Crippen molar-refractivity contribution in [1.29, 1.82) is 0 Å². The molecule has 0 aromatic carbocycles. The molecule has 0 bridgehead atoms. The lowest BCUT2D eigenvalue weighted by Crippen LogP contribution is -2.09. The van der Waals surface area contributed by atoms with Crippen molar-refractivity contribution in [2.75, 3.05) is 13.1 Å². The van der Waals surface area contributed by atoms with Gasteiger partial charge in [0, 0.05) is 13.8 Å². The van der Waals surface area contributed by atoms with Crippen LogP contribution in [-0.2, 0) is 9.59 Å². The van der Waals surface area contributed by atoms with Crippen LogP contribution in [0.5, 0.6) is 0 Å². The zero-order chi connectivity index (χ0) is 11.3. The van der Waals surface area contributed by atoms with Crippen LogP contribution in [0.25, 0.3) is 0 Å². The number of primary amides is 2. The molecule has 0 heterocycles. The van der Waals surface area contributed by atoms with Gasteiger partial charge in [-0.15, -0.1) is 0 Å². The fourth-order valence-electron chi connectivity index (χ4n) is 0.250. The highest BCUT2D eigenvalue weighted by atomic mass is 16.1. The molecule has 5 heteroatoms. The van der Waals surface area contributed by atoms with Gasteiger partial charge >= 0.3 is 0 Å². The molecule has 80 valence electrons. The first-order chi connectivity index (χ1) is 5.88.